The number of halogens is 1. The van der Waals surface area contributed by atoms with E-state index in [0.29, 0.717) is 12.2 Å². The Labute approximate surface area is 144 Å². The third-order valence-electron chi connectivity index (χ3n) is 3.56. The van der Waals surface area contributed by atoms with Crippen molar-refractivity contribution >= 4 is 21.8 Å². The fraction of sp³-hybridized carbons (Fsp3) is 0.353. The summed E-state index contributed by atoms with van der Waals surface area (Å²) in [6, 6.07) is 10.8. The molecular formula is C17H20BrN3O2. The van der Waals surface area contributed by atoms with E-state index in [9.17, 15) is 9.59 Å². The molecule has 0 unspecified atom stereocenters. The van der Waals surface area contributed by atoms with E-state index in [1.54, 1.807) is 18.0 Å². The molecule has 0 fully saturated rings. The van der Waals surface area contributed by atoms with Gasteiger partial charge in [0.2, 0.25) is 5.91 Å². The summed E-state index contributed by atoms with van der Waals surface area (Å²) < 4.78 is 2.20. The van der Waals surface area contributed by atoms with Gasteiger partial charge < -0.3 is 4.90 Å². The number of likely N-dealkylation sites (N-methyl/N-ethyl adjacent to an activating group) is 1. The molecule has 0 radical (unpaired) electrons. The number of hydrogen-bond donors (Lipinski definition) is 0. The van der Waals surface area contributed by atoms with Crippen LogP contribution in [0.25, 0.3) is 11.3 Å². The summed E-state index contributed by atoms with van der Waals surface area (Å²) in [6.07, 6.45) is 1.97. The lowest BCUT2D eigenvalue weighted by Crippen LogP contribution is -2.35. The molecule has 0 spiro atoms. The summed E-state index contributed by atoms with van der Waals surface area (Å²) in [5.74, 6) is -0.110. The Morgan fingerprint density at radius 3 is 2.57 bits per heavy atom. The molecular weight excluding hydrogens is 358 g/mol. The zero-order valence-electron chi connectivity index (χ0n) is 13.3. The van der Waals surface area contributed by atoms with E-state index in [1.165, 1.54) is 10.7 Å². The fourth-order valence-electron chi connectivity index (χ4n) is 2.11. The van der Waals surface area contributed by atoms with Gasteiger partial charge in [0.25, 0.3) is 5.56 Å². The molecule has 0 atom stereocenters. The molecule has 0 aliphatic carbocycles. The quantitative estimate of drug-likeness (QED) is 0.777. The molecule has 0 aliphatic heterocycles. The lowest BCUT2D eigenvalue weighted by Gasteiger charge is -2.17. The van der Waals surface area contributed by atoms with Gasteiger partial charge in [-0.25, -0.2) is 4.68 Å². The van der Waals surface area contributed by atoms with Gasteiger partial charge in [-0.15, -0.1) is 0 Å². The van der Waals surface area contributed by atoms with Crippen molar-refractivity contribution in [3.05, 3.63) is 51.2 Å². The predicted molar refractivity (Wildman–Crippen MR) is 94.2 cm³/mol. The SMILES string of the molecule is CCCCN(C)C(=O)Cn1nc(-c2ccc(Br)cc2)ccc1=O. The van der Waals surface area contributed by atoms with E-state index in [1.807, 2.05) is 24.3 Å². The van der Waals surface area contributed by atoms with E-state index < -0.39 is 0 Å². The second kappa shape index (κ2) is 8.06. The lowest BCUT2D eigenvalue weighted by atomic mass is 10.1. The third kappa shape index (κ3) is 4.76. The minimum absolute atomic E-state index is 0.0383. The Balaban J connectivity index is 2.19. The van der Waals surface area contributed by atoms with Crippen LogP contribution in [0.5, 0.6) is 0 Å². The molecule has 23 heavy (non-hydrogen) atoms. The molecule has 1 aromatic heterocycles. The maximum Gasteiger partial charge on any atom is 0.267 e. The van der Waals surface area contributed by atoms with Gasteiger partial charge in [0.1, 0.15) is 6.54 Å². The molecule has 122 valence electrons. The van der Waals surface area contributed by atoms with Gasteiger partial charge in [-0.3, -0.25) is 9.59 Å². The number of unbranched alkanes of at least 4 members (excludes halogenated alkanes) is 1. The highest BCUT2D eigenvalue weighted by Gasteiger charge is 2.11. The highest BCUT2D eigenvalue weighted by atomic mass is 79.9. The van der Waals surface area contributed by atoms with Gasteiger partial charge in [-0.05, 0) is 24.6 Å². The van der Waals surface area contributed by atoms with Crippen molar-refractivity contribution in [1.29, 1.82) is 0 Å². The first kappa shape index (κ1) is 17.4. The summed E-state index contributed by atoms with van der Waals surface area (Å²) in [5.41, 5.74) is 1.29. The normalized spacial score (nSPS) is 10.6. The van der Waals surface area contributed by atoms with Crippen LogP contribution in [0.15, 0.2) is 45.7 Å². The van der Waals surface area contributed by atoms with E-state index >= 15 is 0 Å². The standard InChI is InChI=1S/C17H20BrN3O2/c1-3-4-11-20(2)17(23)12-21-16(22)10-9-15(19-21)13-5-7-14(18)8-6-13/h5-10H,3-4,11-12H2,1-2H3. The van der Waals surface area contributed by atoms with Crippen molar-refractivity contribution in [2.45, 2.75) is 26.3 Å². The largest absolute Gasteiger partial charge is 0.344 e. The van der Waals surface area contributed by atoms with Crippen LogP contribution in [0.4, 0.5) is 0 Å². The van der Waals surface area contributed by atoms with E-state index in [-0.39, 0.29) is 18.0 Å². The Kier molecular flexibility index (Phi) is 6.10. The highest BCUT2D eigenvalue weighted by molar-refractivity contribution is 9.10. The molecule has 2 aromatic rings. The van der Waals surface area contributed by atoms with Crippen molar-refractivity contribution in [3.63, 3.8) is 0 Å². The number of amides is 1. The van der Waals surface area contributed by atoms with Crippen LogP contribution in [0, 0.1) is 0 Å². The molecule has 1 aromatic carbocycles. The summed E-state index contributed by atoms with van der Waals surface area (Å²) >= 11 is 3.39. The van der Waals surface area contributed by atoms with Gasteiger partial charge >= 0.3 is 0 Å². The van der Waals surface area contributed by atoms with Crippen LogP contribution < -0.4 is 5.56 Å². The van der Waals surface area contributed by atoms with Crippen molar-refractivity contribution in [2.24, 2.45) is 0 Å². The molecule has 0 bridgehead atoms. The second-order valence-electron chi connectivity index (χ2n) is 5.39. The first-order chi connectivity index (χ1) is 11.0. The van der Waals surface area contributed by atoms with Crippen molar-refractivity contribution < 1.29 is 4.79 Å². The minimum Gasteiger partial charge on any atom is -0.344 e. The maximum absolute atomic E-state index is 12.2. The molecule has 1 heterocycles. The predicted octanol–water partition coefficient (Wildman–Crippen LogP) is 2.93. The lowest BCUT2D eigenvalue weighted by molar-refractivity contribution is -0.130. The highest BCUT2D eigenvalue weighted by Crippen LogP contribution is 2.18. The Bertz CT molecular complexity index is 725. The molecule has 5 nitrogen and oxygen atoms in total. The number of hydrogen-bond acceptors (Lipinski definition) is 3. The zero-order valence-corrected chi connectivity index (χ0v) is 14.9. The van der Waals surface area contributed by atoms with Crippen molar-refractivity contribution in [3.8, 4) is 11.3 Å². The Morgan fingerprint density at radius 1 is 1.22 bits per heavy atom. The third-order valence-corrected chi connectivity index (χ3v) is 4.09. The van der Waals surface area contributed by atoms with Gasteiger partial charge in [-0.2, -0.15) is 5.10 Å². The zero-order chi connectivity index (χ0) is 16.8. The van der Waals surface area contributed by atoms with E-state index in [2.05, 4.69) is 28.0 Å². The number of rotatable bonds is 6. The molecule has 0 aliphatic rings. The number of benzene rings is 1. The number of carbonyl (C=O) groups excluding carboxylic acids is 1. The number of aromatic nitrogens is 2. The average molecular weight is 378 g/mol. The van der Waals surface area contributed by atoms with Gasteiger partial charge in [0.05, 0.1) is 5.69 Å². The molecule has 0 saturated heterocycles. The van der Waals surface area contributed by atoms with Crippen LogP contribution in [0.3, 0.4) is 0 Å². The molecule has 1 amide bonds. The summed E-state index contributed by atoms with van der Waals surface area (Å²) in [4.78, 5) is 25.8. The summed E-state index contributed by atoms with van der Waals surface area (Å²) in [7, 11) is 1.75. The molecule has 2 rings (SSSR count). The van der Waals surface area contributed by atoms with E-state index in [0.717, 1.165) is 22.9 Å². The first-order valence-corrected chi connectivity index (χ1v) is 8.38. The molecule has 6 heteroatoms. The van der Waals surface area contributed by atoms with Gasteiger partial charge in [0.15, 0.2) is 0 Å². The van der Waals surface area contributed by atoms with Crippen LogP contribution in [-0.2, 0) is 11.3 Å². The number of carbonyl (C=O) groups is 1. The average Bonchev–Trinajstić information content (AvgIpc) is 2.55. The van der Waals surface area contributed by atoms with Crippen molar-refractivity contribution in [2.75, 3.05) is 13.6 Å². The topological polar surface area (TPSA) is 55.2 Å². The van der Waals surface area contributed by atoms with E-state index in [4.69, 9.17) is 0 Å². The maximum atomic E-state index is 12.2. The fourth-order valence-corrected chi connectivity index (χ4v) is 2.37. The van der Waals surface area contributed by atoms with Crippen LogP contribution in [-0.4, -0.2) is 34.2 Å². The Morgan fingerprint density at radius 2 is 1.91 bits per heavy atom. The Hall–Kier alpha value is -1.95. The van der Waals surface area contributed by atoms with Crippen LogP contribution in [0.2, 0.25) is 0 Å². The molecule has 0 N–H and O–H groups in total. The van der Waals surface area contributed by atoms with Gasteiger partial charge in [0, 0.05) is 29.7 Å². The smallest absolute Gasteiger partial charge is 0.267 e. The number of nitrogens with zero attached hydrogens (tertiary/aromatic N) is 3. The minimum atomic E-state index is -0.275. The summed E-state index contributed by atoms with van der Waals surface area (Å²) in [5, 5.41) is 4.32. The van der Waals surface area contributed by atoms with Gasteiger partial charge in [-0.1, -0.05) is 41.4 Å². The van der Waals surface area contributed by atoms with Crippen LogP contribution >= 0.6 is 15.9 Å². The van der Waals surface area contributed by atoms with Crippen molar-refractivity contribution in [1.82, 2.24) is 14.7 Å². The first-order valence-electron chi connectivity index (χ1n) is 7.59. The molecule has 0 saturated carbocycles. The monoisotopic (exact) mass is 377 g/mol. The van der Waals surface area contributed by atoms with Crippen LogP contribution in [0.1, 0.15) is 19.8 Å². The second-order valence-corrected chi connectivity index (χ2v) is 6.31. The summed E-state index contributed by atoms with van der Waals surface area (Å²) in [6.45, 7) is 2.73.